The number of nitrogens with zero attached hydrogens (tertiary/aromatic N) is 1. The van der Waals surface area contributed by atoms with E-state index in [-0.39, 0.29) is 6.54 Å². The summed E-state index contributed by atoms with van der Waals surface area (Å²) in [7, 11) is -3.58. The first-order chi connectivity index (χ1) is 11.2. The van der Waals surface area contributed by atoms with Crippen molar-refractivity contribution in [3.8, 4) is 0 Å². The van der Waals surface area contributed by atoms with Gasteiger partial charge >= 0.3 is 0 Å². The van der Waals surface area contributed by atoms with Crippen molar-refractivity contribution in [3.05, 3.63) is 58.6 Å². The Hall–Kier alpha value is -2.05. The zero-order valence-electron chi connectivity index (χ0n) is 13.7. The summed E-state index contributed by atoms with van der Waals surface area (Å²) in [4.78, 5) is 12.3. The first-order valence-corrected chi connectivity index (χ1v) is 9.50. The molecule has 0 saturated carbocycles. The molecule has 5 nitrogen and oxygen atoms in total. The van der Waals surface area contributed by atoms with E-state index in [1.807, 2.05) is 13.8 Å². The van der Waals surface area contributed by atoms with Crippen LogP contribution in [0.15, 0.2) is 42.5 Å². The van der Waals surface area contributed by atoms with Crippen molar-refractivity contribution < 1.29 is 13.2 Å². The van der Waals surface area contributed by atoms with E-state index >= 15 is 0 Å². The number of aryl methyl sites for hydroxylation is 2. The SMILES string of the molecule is Cc1ccc(N(CC(=O)Nc2ccc(Cl)cc2C)S(C)(=O)=O)cc1. The third kappa shape index (κ3) is 4.72. The Morgan fingerprint density at radius 1 is 1.12 bits per heavy atom. The van der Waals surface area contributed by atoms with Gasteiger partial charge in [0.15, 0.2) is 0 Å². The van der Waals surface area contributed by atoms with Crippen LogP contribution >= 0.6 is 11.6 Å². The van der Waals surface area contributed by atoms with Crippen molar-refractivity contribution in [2.45, 2.75) is 13.8 Å². The van der Waals surface area contributed by atoms with E-state index in [1.54, 1.807) is 42.5 Å². The molecular formula is C17H19ClN2O3S. The molecule has 2 aromatic carbocycles. The lowest BCUT2D eigenvalue weighted by molar-refractivity contribution is -0.114. The number of anilines is 2. The van der Waals surface area contributed by atoms with Gasteiger partial charge in [-0.1, -0.05) is 29.3 Å². The summed E-state index contributed by atoms with van der Waals surface area (Å²) < 4.78 is 25.2. The molecule has 0 atom stereocenters. The van der Waals surface area contributed by atoms with Crippen LogP contribution in [0.25, 0.3) is 0 Å². The van der Waals surface area contributed by atoms with Crippen molar-refractivity contribution in [2.24, 2.45) is 0 Å². The molecule has 0 spiro atoms. The molecule has 2 aromatic rings. The fourth-order valence-corrected chi connectivity index (χ4v) is 3.28. The van der Waals surface area contributed by atoms with E-state index < -0.39 is 15.9 Å². The second-order valence-corrected chi connectivity index (χ2v) is 7.96. The number of rotatable bonds is 5. The van der Waals surface area contributed by atoms with Crippen molar-refractivity contribution in [1.29, 1.82) is 0 Å². The Bertz CT molecular complexity index is 849. The second-order valence-electron chi connectivity index (χ2n) is 5.61. The summed E-state index contributed by atoms with van der Waals surface area (Å²) in [6.45, 7) is 3.42. The third-order valence-corrected chi connectivity index (χ3v) is 4.85. The number of halogens is 1. The van der Waals surface area contributed by atoms with Crippen LogP contribution in [0.5, 0.6) is 0 Å². The second kappa shape index (κ2) is 7.23. The van der Waals surface area contributed by atoms with Gasteiger partial charge in [-0.25, -0.2) is 8.42 Å². The normalized spacial score (nSPS) is 11.2. The number of carbonyl (C=O) groups is 1. The van der Waals surface area contributed by atoms with E-state index in [2.05, 4.69) is 5.32 Å². The van der Waals surface area contributed by atoms with Crippen LogP contribution in [0, 0.1) is 13.8 Å². The summed E-state index contributed by atoms with van der Waals surface area (Å²) in [5, 5.41) is 3.29. The van der Waals surface area contributed by atoms with Gasteiger partial charge in [0.1, 0.15) is 6.54 Å². The molecule has 0 fully saturated rings. The lowest BCUT2D eigenvalue weighted by atomic mass is 10.2. The summed E-state index contributed by atoms with van der Waals surface area (Å²) in [6.07, 6.45) is 1.08. The van der Waals surface area contributed by atoms with Crippen LogP contribution < -0.4 is 9.62 Å². The van der Waals surface area contributed by atoms with Crippen molar-refractivity contribution in [1.82, 2.24) is 0 Å². The maximum Gasteiger partial charge on any atom is 0.245 e. The lowest BCUT2D eigenvalue weighted by Gasteiger charge is -2.22. The van der Waals surface area contributed by atoms with Crippen LogP contribution in [0.2, 0.25) is 5.02 Å². The minimum absolute atomic E-state index is 0.302. The van der Waals surface area contributed by atoms with Crippen LogP contribution in [0.3, 0.4) is 0 Å². The van der Waals surface area contributed by atoms with Crippen LogP contribution in [0.1, 0.15) is 11.1 Å². The predicted octanol–water partition coefficient (Wildman–Crippen LogP) is 3.36. The van der Waals surface area contributed by atoms with Gasteiger partial charge in [-0.05, 0) is 49.7 Å². The van der Waals surface area contributed by atoms with Crippen molar-refractivity contribution in [3.63, 3.8) is 0 Å². The standard InChI is InChI=1S/C17H19ClN2O3S/c1-12-4-7-15(8-5-12)20(24(3,22)23)11-17(21)19-16-9-6-14(18)10-13(16)2/h4-10H,11H2,1-3H3,(H,19,21). The van der Waals surface area contributed by atoms with E-state index in [0.29, 0.717) is 16.4 Å². The monoisotopic (exact) mass is 366 g/mol. The largest absolute Gasteiger partial charge is 0.324 e. The first kappa shape index (κ1) is 18.3. The molecule has 128 valence electrons. The molecule has 0 heterocycles. The number of benzene rings is 2. The molecule has 0 aromatic heterocycles. The van der Waals surface area contributed by atoms with Gasteiger partial charge in [-0.15, -0.1) is 0 Å². The Kier molecular flexibility index (Phi) is 5.51. The highest BCUT2D eigenvalue weighted by Gasteiger charge is 2.21. The average Bonchev–Trinajstić information content (AvgIpc) is 2.48. The Morgan fingerprint density at radius 3 is 2.29 bits per heavy atom. The molecule has 2 rings (SSSR count). The highest BCUT2D eigenvalue weighted by atomic mass is 35.5. The number of carbonyl (C=O) groups excluding carboxylic acids is 1. The number of hydrogen-bond acceptors (Lipinski definition) is 3. The van der Waals surface area contributed by atoms with Gasteiger partial charge in [0.2, 0.25) is 15.9 Å². The quantitative estimate of drug-likeness (QED) is 0.882. The van der Waals surface area contributed by atoms with Crippen molar-refractivity contribution in [2.75, 3.05) is 22.4 Å². The molecule has 24 heavy (non-hydrogen) atoms. The zero-order valence-corrected chi connectivity index (χ0v) is 15.3. The molecule has 0 unspecified atom stereocenters. The fraction of sp³-hybridized carbons (Fsp3) is 0.235. The maximum atomic E-state index is 12.3. The fourth-order valence-electron chi connectivity index (χ4n) is 2.20. The van der Waals surface area contributed by atoms with Gasteiger partial charge in [0.25, 0.3) is 0 Å². The Morgan fingerprint density at radius 2 is 1.75 bits per heavy atom. The smallest absolute Gasteiger partial charge is 0.245 e. The summed E-state index contributed by atoms with van der Waals surface area (Å²) >= 11 is 5.89. The number of amides is 1. The van der Waals surface area contributed by atoms with Gasteiger partial charge in [0.05, 0.1) is 11.9 Å². The topological polar surface area (TPSA) is 66.5 Å². The molecule has 0 aliphatic carbocycles. The van der Waals surface area contributed by atoms with Crippen molar-refractivity contribution >= 4 is 38.9 Å². The van der Waals surface area contributed by atoms with Crippen LogP contribution in [0.4, 0.5) is 11.4 Å². The number of hydrogen-bond donors (Lipinski definition) is 1. The average molecular weight is 367 g/mol. The predicted molar refractivity (Wildman–Crippen MR) is 98.2 cm³/mol. The number of sulfonamides is 1. The highest BCUT2D eigenvalue weighted by molar-refractivity contribution is 7.92. The Balaban J connectivity index is 2.20. The van der Waals surface area contributed by atoms with E-state index in [0.717, 1.165) is 21.7 Å². The zero-order chi connectivity index (χ0) is 17.9. The molecule has 0 radical (unpaired) electrons. The molecular weight excluding hydrogens is 348 g/mol. The molecule has 0 saturated heterocycles. The van der Waals surface area contributed by atoms with E-state index in [1.165, 1.54) is 0 Å². The molecule has 0 bridgehead atoms. The van der Waals surface area contributed by atoms with Gasteiger partial charge in [-0.3, -0.25) is 9.10 Å². The van der Waals surface area contributed by atoms with Gasteiger partial charge in [0, 0.05) is 10.7 Å². The maximum absolute atomic E-state index is 12.3. The summed E-state index contributed by atoms with van der Waals surface area (Å²) in [6, 6.07) is 12.0. The van der Waals surface area contributed by atoms with Crippen LogP contribution in [-0.4, -0.2) is 27.1 Å². The van der Waals surface area contributed by atoms with E-state index in [4.69, 9.17) is 11.6 Å². The molecule has 1 N–H and O–H groups in total. The molecule has 7 heteroatoms. The lowest BCUT2D eigenvalue weighted by Crippen LogP contribution is -2.37. The minimum Gasteiger partial charge on any atom is -0.324 e. The van der Waals surface area contributed by atoms with E-state index in [9.17, 15) is 13.2 Å². The highest BCUT2D eigenvalue weighted by Crippen LogP contribution is 2.21. The Labute approximate surface area is 147 Å². The molecule has 0 aliphatic rings. The van der Waals surface area contributed by atoms with Gasteiger partial charge in [-0.2, -0.15) is 0 Å². The first-order valence-electron chi connectivity index (χ1n) is 7.27. The minimum atomic E-state index is -3.58. The number of nitrogens with one attached hydrogen (secondary N) is 1. The summed E-state index contributed by atoms with van der Waals surface area (Å²) in [5.74, 6) is -0.425. The van der Waals surface area contributed by atoms with Gasteiger partial charge < -0.3 is 5.32 Å². The molecule has 0 aliphatic heterocycles. The summed E-state index contributed by atoms with van der Waals surface area (Å²) in [5.41, 5.74) is 2.86. The van der Waals surface area contributed by atoms with Crippen LogP contribution in [-0.2, 0) is 14.8 Å². The third-order valence-electron chi connectivity index (χ3n) is 3.47. The molecule has 1 amide bonds.